The number of fused-ring (bicyclic) bond motifs is 1. The maximum Gasteiger partial charge on any atom is 0.310 e. The Morgan fingerprint density at radius 2 is 2.00 bits per heavy atom. The highest BCUT2D eigenvalue weighted by Crippen LogP contribution is 2.40. The fraction of sp³-hybridized carbons (Fsp3) is 0.385. The summed E-state index contributed by atoms with van der Waals surface area (Å²) in [6.07, 6.45) is 0.659. The van der Waals surface area contributed by atoms with E-state index in [0.29, 0.717) is 5.52 Å². The molecule has 1 aliphatic rings. The monoisotopic (exact) mass is 490 g/mol. The van der Waals surface area contributed by atoms with E-state index in [0.717, 1.165) is 5.56 Å². The number of aromatic nitrogens is 3. The van der Waals surface area contributed by atoms with E-state index in [9.17, 15) is 20.0 Å². The Morgan fingerprint density at radius 3 is 2.69 bits per heavy atom. The average molecular weight is 491 g/mol. The van der Waals surface area contributed by atoms with Crippen LogP contribution in [-0.4, -0.2) is 50.4 Å². The molecule has 3 aromatic rings. The van der Waals surface area contributed by atoms with Crippen molar-refractivity contribution >= 4 is 23.2 Å². The van der Waals surface area contributed by atoms with Gasteiger partial charge in [-0.05, 0) is 23.6 Å². The molecule has 1 aromatic carbocycles. The largest absolute Gasteiger partial charge is 0.463 e. The molecule has 1 aliphatic heterocycles. The molecule has 36 heavy (non-hydrogen) atoms. The third-order valence-electron chi connectivity index (χ3n) is 6.40. The van der Waals surface area contributed by atoms with Crippen LogP contribution in [0.5, 0.6) is 0 Å². The summed E-state index contributed by atoms with van der Waals surface area (Å²) in [5, 5.41) is 27.9. The summed E-state index contributed by atoms with van der Waals surface area (Å²) >= 11 is 0. The summed E-state index contributed by atoms with van der Waals surface area (Å²) in [6, 6.07) is 14.5. The molecule has 0 unspecified atom stereocenters. The predicted octanol–water partition coefficient (Wildman–Crippen LogP) is 2.43. The fourth-order valence-corrected chi connectivity index (χ4v) is 3.97. The predicted molar refractivity (Wildman–Crippen MR) is 129 cm³/mol. The van der Waals surface area contributed by atoms with Crippen LogP contribution in [0.15, 0.2) is 48.8 Å². The van der Waals surface area contributed by atoms with Crippen LogP contribution in [0, 0.1) is 29.6 Å². The van der Waals surface area contributed by atoms with Crippen molar-refractivity contribution in [2.45, 2.75) is 45.0 Å². The van der Waals surface area contributed by atoms with E-state index in [1.54, 1.807) is 12.1 Å². The van der Waals surface area contributed by atoms with Crippen LogP contribution in [0.3, 0.4) is 0 Å². The molecule has 1 fully saturated rings. The number of anilines is 1. The lowest BCUT2D eigenvalue weighted by atomic mass is 9.94. The van der Waals surface area contributed by atoms with Crippen molar-refractivity contribution in [2.75, 3.05) is 11.9 Å². The second kappa shape index (κ2) is 10.4. The number of amides is 1. The zero-order valence-electron chi connectivity index (χ0n) is 20.3. The lowest BCUT2D eigenvalue weighted by molar-refractivity contribution is -0.148. The van der Waals surface area contributed by atoms with Gasteiger partial charge in [-0.15, -0.1) is 0 Å². The van der Waals surface area contributed by atoms with Gasteiger partial charge in [-0.2, -0.15) is 10.4 Å². The normalized spacial score (nSPS) is 22.3. The van der Waals surface area contributed by atoms with Crippen LogP contribution >= 0.6 is 0 Å². The molecule has 0 bridgehead atoms. The Bertz CT molecular complexity index is 1280. The SMILES string of the molecule is CC(C)[C@H](C)C(=O)Nc1ncnn2c([C@]3(C#N)O[C@@H](COC(=O)Cc4ccccc4)[CH][C@H]3O)ccc12. The molecule has 2 N–H and O–H groups in total. The first kappa shape index (κ1) is 25.3. The van der Waals surface area contributed by atoms with Gasteiger partial charge in [-0.1, -0.05) is 51.1 Å². The summed E-state index contributed by atoms with van der Waals surface area (Å²) in [4.78, 5) is 29.0. The van der Waals surface area contributed by atoms with Crippen molar-refractivity contribution < 1.29 is 24.2 Å². The molecule has 10 heteroatoms. The molecule has 1 amide bonds. The Hall–Kier alpha value is -3.81. The maximum atomic E-state index is 12.6. The third-order valence-corrected chi connectivity index (χ3v) is 6.40. The van der Waals surface area contributed by atoms with E-state index >= 15 is 0 Å². The summed E-state index contributed by atoms with van der Waals surface area (Å²) in [5.41, 5.74) is -0.268. The molecule has 4 atom stereocenters. The van der Waals surface area contributed by atoms with E-state index in [-0.39, 0.29) is 42.3 Å². The van der Waals surface area contributed by atoms with Crippen LogP contribution in [0.25, 0.3) is 5.52 Å². The molecule has 0 spiro atoms. The van der Waals surface area contributed by atoms with Crippen LogP contribution in [0.1, 0.15) is 32.0 Å². The smallest absolute Gasteiger partial charge is 0.310 e. The van der Waals surface area contributed by atoms with Crippen LogP contribution in [-0.2, 0) is 31.1 Å². The number of ether oxygens (including phenoxy) is 2. The minimum Gasteiger partial charge on any atom is -0.463 e. The van der Waals surface area contributed by atoms with Gasteiger partial charge >= 0.3 is 5.97 Å². The van der Waals surface area contributed by atoms with Gasteiger partial charge in [0.25, 0.3) is 0 Å². The summed E-state index contributed by atoms with van der Waals surface area (Å²) in [6.45, 7) is 5.59. The number of hydrogen-bond acceptors (Lipinski definition) is 8. The maximum absolute atomic E-state index is 12.6. The molecule has 0 aliphatic carbocycles. The Balaban J connectivity index is 1.51. The van der Waals surface area contributed by atoms with Gasteiger partial charge in [0, 0.05) is 12.3 Å². The highest BCUT2D eigenvalue weighted by Gasteiger charge is 2.52. The second-order valence-corrected chi connectivity index (χ2v) is 9.13. The van der Waals surface area contributed by atoms with Crippen LogP contribution < -0.4 is 5.32 Å². The standard InChI is InChI=1S/C26H28N5O5/c1-16(2)17(3)25(34)30-24-20-9-10-21(31(20)29-15-28-24)26(14-27)22(32)12-19(36-26)13-35-23(33)11-18-7-5-4-6-8-18/h4-10,12,15-17,19,22,32H,11,13H2,1-3H3,(H,28,29,30,34)/t17-,19+,22+,26-/m0/s1. The zero-order valence-corrected chi connectivity index (χ0v) is 20.3. The van der Waals surface area contributed by atoms with Gasteiger partial charge in [0.1, 0.15) is 36.7 Å². The van der Waals surface area contributed by atoms with Gasteiger partial charge in [0.15, 0.2) is 5.82 Å². The number of carbonyl (C=O) groups excluding carboxylic acids is 2. The number of esters is 1. The van der Waals surface area contributed by atoms with E-state index in [2.05, 4.69) is 21.5 Å². The number of carbonyl (C=O) groups is 2. The first-order valence-corrected chi connectivity index (χ1v) is 11.7. The fourth-order valence-electron chi connectivity index (χ4n) is 3.97. The van der Waals surface area contributed by atoms with E-state index in [1.165, 1.54) is 17.3 Å². The highest BCUT2D eigenvalue weighted by molar-refractivity contribution is 5.95. The van der Waals surface area contributed by atoms with Crippen molar-refractivity contribution in [1.82, 2.24) is 14.6 Å². The minimum atomic E-state index is -1.79. The average Bonchev–Trinajstić information content (AvgIpc) is 3.44. The number of nitriles is 1. The number of aliphatic hydroxyl groups excluding tert-OH is 1. The third kappa shape index (κ3) is 4.94. The van der Waals surface area contributed by atoms with Crippen molar-refractivity contribution in [2.24, 2.45) is 11.8 Å². The number of nitrogens with one attached hydrogen (secondary N) is 1. The van der Waals surface area contributed by atoms with Crippen molar-refractivity contribution in [3.05, 3.63) is 66.5 Å². The molecule has 3 heterocycles. The number of hydrogen-bond donors (Lipinski definition) is 2. The zero-order chi connectivity index (χ0) is 25.9. The molecule has 0 saturated carbocycles. The van der Waals surface area contributed by atoms with Gasteiger partial charge in [-0.25, -0.2) is 9.50 Å². The molecule has 4 rings (SSSR count). The summed E-state index contributed by atoms with van der Waals surface area (Å²) < 4.78 is 12.7. The molecule has 1 saturated heterocycles. The number of aliphatic hydroxyl groups is 1. The van der Waals surface area contributed by atoms with Gasteiger partial charge in [0.2, 0.25) is 11.5 Å². The van der Waals surface area contributed by atoms with E-state index in [1.807, 2.05) is 51.1 Å². The molecule has 10 nitrogen and oxygen atoms in total. The second-order valence-electron chi connectivity index (χ2n) is 9.13. The Kier molecular flexibility index (Phi) is 7.33. The molecular weight excluding hydrogens is 462 g/mol. The lowest BCUT2D eigenvalue weighted by Gasteiger charge is -2.24. The molecule has 2 aromatic heterocycles. The summed E-state index contributed by atoms with van der Waals surface area (Å²) in [5.74, 6) is -0.446. The Morgan fingerprint density at radius 1 is 1.25 bits per heavy atom. The number of nitrogens with zero attached hydrogens (tertiary/aromatic N) is 4. The first-order valence-electron chi connectivity index (χ1n) is 11.7. The van der Waals surface area contributed by atoms with Gasteiger partial charge in [-0.3, -0.25) is 9.59 Å². The topological polar surface area (TPSA) is 139 Å². The lowest BCUT2D eigenvalue weighted by Crippen LogP contribution is -2.37. The minimum absolute atomic E-state index is 0.101. The molecule has 1 radical (unpaired) electrons. The highest BCUT2D eigenvalue weighted by atomic mass is 16.6. The van der Waals surface area contributed by atoms with Crippen LogP contribution in [0.4, 0.5) is 5.82 Å². The van der Waals surface area contributed by atoms with Crippen molar-refractivity contribution in [3.63, 3.8) is 0 Å². The first-order chi connectivity index (χ1) is 17.2. The number of rotatable bonds is 8. The van der Waals surface area contributed by atoms with Gasteiger partial charge in [0.05, 0.1) is 12.1 Å². The van der Waals surface area contributed by atoms with Gasteiger partial charge < -0.3 is 19.9 Å². The van der Waals surface area contributed by atoms with E-state index < -0.39 is 23.8 Å². The van der Waals surface area contributed by atoms with Crippen molar-refractivity contribution in [1.29, 1.82) is 5.26 Å². The molecule has 187 valence electrons. The van der Waals surface area contributed by atoms with Crippen molar-refractivity contribution in [3.8, 4) is 6.07 Å². The molecular formula is C26H28N5O5. The summed E-state index contributed by atoms with van der Waals surface area (Å²) in [7, 11) is 0. The van der Waals surface area contributed by atoms with Crippen LogP contribution in [0.2, 0.25) is 0 Å². The van der Waals surface area contributed by atoms with E-state index in [4.69, 9.17) is 9.47 Å². The number of benzene rings is 1. The quantitative estimate of drug-likeness (QED) is 0.459. The Labute approximate surface area is 208 Å².